The molecule has 0 aliphatic carbocycles. The van der Waals surface area contributed by atoms with Crippen LogP contribution < -0.4 is 30.0 Å². The molecule has 0 bridgehead atoms. The standard InChI is InChI=1S/C25H23ClFN5O8/c1-37-16-6-4-5-14(27)12(16)11-40-18-8-15(13(26)7-17(18)38-2)32-23-22(31-25(32)36)24(39-3)30-19(29-23)9-20(33)28-10-21(34)35/h4-8H,9-11H2,1-3H3,(H,28,33)(H,31,36)(H,34,35). The van der Waals surface area contributed by atoms with Crippen molar-refractivity contribution in [2.24, 2.45) is 0 Å². The molecule has 0 fully saturated rings. The molecular weight excluding hydrogens is 553 g/mol. The Morgan fingerprint density at radius 3 is 2.52 bits per heavy atom. The molecule has 15 heteroatoms. The summed E-state index contributed by atoms with van der Waals surface area (Å²) in [7, 11) is 4.11. The van der Waals surface area contributed by atoms with Crippen LogP contribution in [-0.2, 0) is 22.6 Å². The van der Waals surface area contributed by atoms with Crippen LogP contribution in [0, 0.1) is 5.82 Å². The molecule has 0 spiro atoms. The number of rotatable bonds is 11. The first-order valence-corrected chi connectivity index (χ1v) is 11.9. The number of nitrogens with zero attached hydrogens (tertiary/aromatic N) is 3. The van der Waals surface area contributed by atoms with Gasteiger partial charge in [-0.05, 0) is 12.1 Å². The first-order chi connectivity index (χ1) is 19.2. The monoisotopic (exact) mass is 575 g/mol. The number of carbonyl (C=O) groups excluding carboxylic acids is 1. The first kappa shape index (κ1) is 28.2. The van der Waals surface area contributed by atoms with Gasteiger partial charge in [0.15, 0.2) is 17.1 Å². The Labute approximate surface area is 230 Å². The molecular formula is C25H23ClFN5O8. The molecule has 40 heavy (non-hydrogen) atoms. The minimum atomic E-state index is -1.22. The number of amides is 1. The van der Waals surface area contributed by atoms with E-state index in [1.54, 1.807) is 6.07 Å². The molecule has 0 radical (unpaired) electrons. The summed E-state index contributed by atoms with van der Waals surface area (Å²) in [5.41, 5.74) is -0.240. The zero-order chi connectivity index (χ0) is 29.0. The maximum absolute atomic E-state index is 14.5. The predicted molar refractivity (Wildman–Crippen MR) is 139 cm³/mol. The van der Waals surface area contributed by atoms with Crippen LogP contribution in [0.5, 0.6) is 23.1 Å². The molecule has 4 rings (SSSR count). The number of carboxylic acids is 1. The van der Waals surface area contributed by atoms with Gasteiger partial charge in [0.25, 0.3) is 0 Å². The van der Waals surface area contributed by atoms with Crippen molar-refractivity contribution in [2.75, 3.05) is 27.9 Å². The van der Waals surface area contributed by atoms with Crippen LogP contribution in [0.4, 0.5) is 4.39 Å². The zero-order valence-electron chi connectivity index (χ0n) is 21.4. The number of halogens is 2. The number of nitrogens with one attached hydrogen (secondary N) is 2. The Kier molecular flexibility index (Phi) is 8.38. The lowest BCUT2D eigenvalue weighted by molar-refractivity contribution is -0.137. The highest BCUT2D eigenvalue weighted by molar-refractivity contribution is 6.32. The molecule has 210 valence electrons. The van der Waals surface area contributed by atoms with E-state index in [1.165, 1.54) is 45.6 Å². The lowest BCUT2D eigenvalue weighted by Crippen LogP contribution is -2.31. The fraction of sp³-hybridized carbons (Fsp3) is 0.240. The van der Waals surface area contributed by atoms with Crippen LogP contribution in [0.1, 0.15) is 11.4 Å². The summed E-state index contributed by atoms with van der Waals surface area (Å²) in [6.45, 7) is -0.822. The second kappa shape index (κ2) is 11.9. The molecule has 3 N–H and O–H groups in total. The Bertz CT molecular complexity index is 1650. The van der Waals surface area contributed by atoms with E-state index in [0.29, 0.717) is 0 Å². The second-order valence-corrected chi connectivity index (χ2v) is 8.53. The highest BCUT2D eigenvalue weighted by Crippen LogP contribution is 2.37. The molecule has 2 aromatic heterocycles. The predicted octanol–water partition coefficient (Wildman–Crippen LogP) is 2.25. The van der Waals surface area contributed by atoms with Gasteiger partial charge in [-0.3, -0.25) is 14.6 Å². The third-order valence-electron chi connectivity index (χ3n) is 5.64. The van der Waals surface area contributed by atoms with Crippen molar-refractivity contribution in [1.29, 1.82) is 0 Å². The van der Waals surface area contributed by atoms with Gasteiger partial charge < -0.3 is 29.4 Å². The normalized spacial score (nSPS) is 10.8. The fourth-order valence-corrected chi connectivity index (χ4v) is 4.06. The van der Waals surface area contributed by atoms with E-state index < -0.39 is 36.3 Å². The molecule has 0 atom stereocenters. The van der Waals surface area contributed by atoms with Gasteiger partial charge in [-0.15, -0.1) is 0 Å². The number of ether oxygens (including phenoxy) is 4. The van der Waals surface area contributed by atoms with Crippen LogP contribution in [0.3, 0.4) is 0 Å². The van der Waals surface area contributed by atoms with Crippen molar-refractivity contribution in [3.8, 4) is 28.8 Å². The van der Waals surface area contributed by atoms with Gasteiger partial charge in [-0.2, -0.15) is 4.98 Å². The number of H-pyrrole nitrogens is 1. The van der Waals surface area contributed by atoms with Crippen molar-refractivity contribution in [3.63, 3.8) is 0 Å². The van der Waals surface area contributed by atoms with Crippen LogP contribution in [0.15, 0.2) is 35.1 Å². The lowest BCUT2D eigenvalue weighted by Gasteiger charge is -2.16. The van der Waals surface area contributed by atoms with Crippen LogP contribution >= 0.6 is 11.6 Å². The second-order valence-electron chi connectivity index (χ2n) is 8.12. The molecule has 0 saturated heterocycles. The number of aromatic amines is 1. The maximum Gasteiger partial charge on any atom is 0.332 e. The summed E-state index contributed by atoms with van der Waals surface area (Å²) in [6.07, 6.45) is -0.395. The maximum atomic E-state index is 14.5. The number of benzene rings is 2. The summed E-state index contributed by atoms with van der Waals surface area (Å²) in [5, 5.41) is 11.1. The van der Waals surface area contributed by atoms with Crippen LogP contribution in [0.25, 0.3) is 16.9 Å². The Balaban J connectivity index is 1.78. The van der Waals surface area contributed by atoms with Gasteiger partial charge in [0.1, 0.15) is 36.1 Å². The lowest BCUT2D eigenvalue weighted by atomic mass is 10.2. The van der Waals surface area contributed by atoms with E-state index in [4.69, 9.17) is 35.7 Å². The number of fused-ring (bicyclic) bond motifs is 1. The number of hydrogen-bond donors (Lipinski definition) is 3. The van der Waals surface area contributed by atoms with Crippen molar-refractivity contribution >= 4 is 34.6 Å². The van der Waals surface area contributed by atoms with Crippen LogP contribution in [0.2, 0.25) is 5.02 Å². The smallest absolute Gasteiger partial charge is 0.332 e. The number of carboxylic acid groups (broad SMARTS) is 1. The van der Waals surface area contributed by atoms with Crippen molar-refractivity contribution in [1.82, 2.24) is 24.8 Å². The Morgan fingerprint density at radius 2 is 1.85 bits per heavy atom. The van der Waals surface area contributed by atoms with Crippen LogP contribution in [-0.4, -0.2) is 64.4 Å². The van der Waals surface area contributed by atoms with Gasteiger partial charge >= 0.3 is 11.7 Å². The number of hydrogen-bond acceptors (Lipinski definition) is 9. The quantitative estimate of drug-likeness (QED) is 0.241. The highest BCUT2D eigenvalue weighted by atomic mass is 35.5. The van der Waals surface area contributed by atoms with Gasteiger partial charge in [-0.1, -0.05) is 17.7 Å². The van der Waals surface area contributed by atoms with E-state index in [1.807, 2.05) is 0 Å². The van der Waals surface area contributed by atoms with Crippen molar-refractivity contribution in [3.05, 3.63) is 63.0 Å². The van der Waals surface area contributed by atoms with Crippen molar-refractivity contribution < 1.29 is 38.0 Å². The van der Waals surface area contributed by atoms with E-state index >= 15 is 0 Å². The number of methoxy groups -OCH3 is 3. The van der Waals surface area contributed by atoms with E-state index in [9.17, 15) is 18.8 Å². The third kappa shape index (κ3) is 5.76. The summed E-state index contributed by atoms with van der Waals surface area (Å²) < 4.78 is 37.3. The first-order valence-electron chi connectivity index (χ1n) is 11.5. The molecule has 0 unspecified atom stereocenters. The minimum absolute atomic E-state index is 0.0201. The van der Waals surface area contributed by atoms with E-state index in [0.717, 1.165) is 4.57 Å². The molecule has 1 amide bonds. The molecule has 0 saturated carbocycles. The summed E-state index contributed by atoms with van der Waals surface area (Å²) in [5.74, 6) is -1.88. The number of aliphatic carboxylic acids is 1. The molecule has 13 nitrogen and oxygen atoms in total. The van der Waals surface area contributed by atoms with Gasteiger partial charge in [0, 0.05) is 12.1 Å². The molecule has 2 aromatic carbocycles. The van der Waals surface area contributed by atoms with Gasteiger partial charge in [0.05, 0.1) is 44.0 Å². The molecule has 0 aliphatic heterocycles. The minimum Gasteiger partial charge on any atom is -0.496 e. The van der Waals surface area contributed by atoms with Gasteiger partial charge in [-0.25, -0.2) is 18.7 Å². The molecule has 2 heterocycles. The average molecular weight is 576 g/mol. The van der Waals surface area contributed by atoms with Crippen molar-refractivity contribution in [2.45, 2.75) is 13.0 Å². The number of carbonyl (C=O) groups is 2. The van der Waals surface area contributed by atoms with E-state index in [-0.39, 0.29) is 63.0 Å². The zero-order valence-corrected chi connectivity index (χ0v) is 22.2. The third-order valence-corrected chi connectivity index (χ3v) is 5.94. The molecule has 4 aromatic rings. The average Bonchev–Trinajstić information content (AvgIpc) is 3.26. The van der Waals surface area contributed by atoms with E-state index in [2.05, 4.69) is 20.3 Å². The topological polar surface area (TPSA) is 167 Å². The Hall–Kier alpha value is -4.85. The SMILES string of the molecule is COc1cc(Cl)c(-n2c(=O)[nH]c3c(OC)nc(CC(=O)NCC(=O)O)nc32)cc1OCc1c(F)cccc1OC. The Morgan fingerprint density at radius 1 is 1.10 bits per heavy atom. The highest BCUT2D eigenvalue weighted by Gasteiger charge is 2.22. The fourth-order valence-electron chi connectivity index (χ4n) is 3.82. The number of aromatic nitrogens is 4. The van der Waals surface area contributed by atoms with Gasteiger partial charge in [0.2, 0.25) is 11.8 Å². The largest absolute Gasteiger partial charge is 0.496 e. The molecule has 0 aliphatic rings. The summed E-state index contributed by atoms with van der Waals surface area (Å²) >= 11 is 6.52. The summed E-state index contributed by atoms with van der Waals surface area (Å²) in [6, 6.07) is 7.18. The number of imidazole rings is 1. The summed E-state index contributed by atoms with van der Waals surface area (Å²) in [4.78, 5) is 47.1.